The molecule has 9 nitrogen and oxygen atoms in total. The molecule has 0 saturated carbocycles. The number of halogens is 2. The van der Waals surface area contributed by atoms with Crippen molar-refractivity contribution in [3.05, 3.63) is 97.6 Å². The van der Waals surface area contributed by atoms with Crippen LogP contribution < -0.4 is 16.3 Å². The number of rotatable bonds is 4. The minimum atomic E-state index is -4.69. The number of carbonyl (C=O) groups is 1. The second kappa shape index (κ2) is 8.64. The summed E-state index contributed by atoms with van der Waals surface area (Å²) in [5.41, 5.74) is -2.40. The van der Waals surface area contributed by atoms with E-state index in [-0.39, 0.29) is 41.3 Å². The van der Waals surface area contributed by atoms with E-state index >= 15 is 0 Å². The van der Waals surface area contributed by atoms with Crippen molar-refractivity contribution in [3.8, 4) is 5.75 Å². The number of hydrogen-bond acceptors (Lipinski definition) is 6. The molecule has 1 N–H and O–H groups in total. The Balaban J connectivity index is 2.16. The van der Waals surface area contributed by atoms with E-state index in [2.05, 4.69) is 0 Å². The van der Waals surface area contributed by atoms with Crippen LogP contribution in [0.15, 0.2) is 81.2 Å². The van der Waals surface area contributed by atoms with E-state index in [1.54, 1.807) is 0 Å². The predicted molar refractivity (Wildman–Crippen MR) is 128 cm³/mol. The topological polar surface area (TPSA) is 119 Å². The first-order valence-electron chi connectivity index (χ1n) is 9.61. The third-order valence-corrected chi connectivity index (χ3v) is 7.06. The largest absolute Gasteiger partial charge is 0.508 e. The van der Waals surface area contributed by atoms with E-state index in [4.69, 9.17) is 23.2 Å². The summed E-state index contributed by atoms with van der Waals surface area (Å²) in [5.74, 6) is -0.772. The highest BCUT2D eigenvalue weighted by molar-refractivity contribution is 7.90. The van der Waals surface area contributed by atoms with Gasteiger partial charge in [0, 0.05) is 17.0 Å². The first-order valence-corrected chi connectivity index (χ1v) is 11.8. The lowest BCUT2D eigenvalue weighted by molar-refractivity contribution is -0.117. The number of fused-ring (bicyclic) bond motifs is 1. The third kappa shape index (κ3) is 3.96. The molecule has 34 heavy (non-hydrogen) atoms. The molecule has 12 heteroatoms. The number of anilines is 1. The number of phenolic OH excluding ortho intramolecular Hbond substituents is 1. The molecule has 1 aromatic heterocycles. The first-order chi connectivity index (χ1) is 16.0. The van der Waals surface area contributed by atoms with Crippen molar-refractivity contribution >= 4 is 55.7 Å². The number of aromatic nitrogens is 2. The van der Waals surface area contributed by atoms with E-state index in [0.717, 1.165) is 28.7 Å². The molecule has 0 bridgehead atoms. The Kier molecular flexibility index (Phi) is 5.98. The normalized spacial score (nSPS) is 11.5. The molecule has 0 atom stereocenters. The Hall–Kier alpha value is -3.60. The van der Waals surface area contributed by atoms with Crippen LogP contribution in [0.3, 0.4) is 0 Å². The molecule has 0 fully saturated rings. The molecule has 4 aromatic rings. The fourth-order valence-corrected chi connectivity index (χ4v) is 4.98. The maximum absolute atomic E-state index is 13.6. The Morgan fingerprint density at radius 2 is 1.50 bits per heavy atom. The fraction of sp³-hybridized carbons (Fsp3) is 0.0455. The van der Waals surface area contributed by atoms with Crippen LogP contribution in [-0.4, -0.2) is 28.1 Å². The molecule has 4 rings (SSSR count). The number of hydrogen-bond donors (Lipinski definition) is 1. The zero-order chi connectivity index (χ0) is 24.8. The van der Waals surface area contributed by atoms with Crippen molar-refractivity contribution in [2.45, 2.75) is 11.8 Å². The molecular weight excluding hydrogens is 505 g/mol. The number of amides is 1. The standard InChI is InChI=1S/C22H15Cl2N3O6S/c1-13(28)25(16-5-7-17(29)8-6-16)26-20-12-15(24)4-11-19(20)21(30)27(22(26)31)34(32,33)18-9-2-14(23)3-10-18/h2-12,29H,1H3. The van der Waals surface area contributed by atoms with Crippen LogP contribution in [0, 0.1) is 0 Å². The molecule has 0 unspecified atom stereocenters. The lowest BCUT2D eigenvalue weighted by Crippen LogP contribution is -2.51. The van der Waals surface area contributed by atoms with Crippen LogP contribution in [0.1, 0.15) is 6.92 Å². The SMILES string of the molecule is CC(=O)N(c1ccc(O)cc1)n1c(=O)n(S(=O)(=O)c2ccc(Cl)cc2)c(=O)c2ccc(Cl)cc21. The van der Waals surface area contributed by atoms with Gasteiger partial charge >= 0.3 is 5.69 Å². The number of aromatic hydroxyl groups is 1. The lowest BCUT2D eigenvalue weighted by Gasteiger charge is -2.25. The summed E-state index contributed by atoms with van der Waals surface area (Å²) in [7, 11) is -4.69. The van der Waals surface area contributed by atoms with Crippen LogP contribution in [0.25, 0.3) is 10.9 Å². The molecule has 1 heterocycles. The molecule has 0 radical (unpaired) electrons. The Bertz CT molecular complexity index is 1660. The van der Waals surface area contributed by atoms with Crippen LogP contribution in [0.5, 0.6) is 5.75 Å². The summed E-state index contributed by atoms with van der Waals surface area (Å²) in [6, 6.07) is 14.1. The van der Waals surface area contributed by atoms with E-state index < -0.39 is 27.2 Å². The van der Waals surface area contributed by atoms with E-state index in [0.29, 0.717) is 0 Å². The van der Waals surface area contributed by atoms with Crippen molar-refractivity contribution in [2.24, 2.45) is 0 Å². The summed E-state index contributed by atoms with van der Waals surface area (Å²) < 4.78 is 27.6. The summed E-state index contributed by atoms with van der Waals surface area (Å²) in [4.78, 5) is 39.2. The van der Waals surface area contributed by atoms with Gasteiger partial charge in [-0.1, -0.05) is 23.2 Å². The highest BCUT2D eigenvalue weighted by Gasteiger charge is 2.29. The van der Waals surface area contributed by atoms with Crippen LogP contribution in [0.4, 0.5) is 5.69 Å². The van der Waals surface area contributed by atoms with Gasteiger partial charge in [0.1, 0.15) is 5.75 Å². The first kappa shape index (κ1) is 23.6. The van der Waals surface area contributed by atoms with Crippen molar-refractivity contribution < 1.29 is 18.3 Å². The molecule has 1 amide bonds. The van der Waals surface area contributed by atoms with Gasteiger partial charge in [-0.25, -0.2) is 18.2 Å². The molecule has 0 aliphatic rings. The molecule has 0 saturated heterocycles. The Morgan fingerprint density at radius 3 is 2.09 bits per heavy atom. The number of nitrogens with zero attached hydrogens (tertiary/aromatic N) is 3. The maximum Gasteiger partial charge on any atom is 0.365 e. The summed E-state index contributed by atoms with van der Waals surface area (Å²) in [6.45, 7) is 1.15. The van der Waals surface area contributed by atoms with E-state index in [1.807, 2.05) is 0 Å². The van der Waals surface area contributed by atoms with Crippen LogP contribution in [-0.2, 0) is 14.8 Å². The molecular formula is C22H15Cl2N3O6S. The van der Waals surface area contributed by atoms with Gasteiger partial charge in [0.25, 0.3) is 15.6 Å². The van der Waals surface area contributed by atoms with Crippen molar-refractivity contribution in [1.29, 1.82) is 0 Å². The number of benzene rings is 3. The quantitative estimate of drug-likeness (QED) is 0.442. The second-order valence-electron chi connectivity index (χ2n) is 7.13. The van der Waals surface area contributed by atoms with Crippen molar-refractivity contribution in [3.63, 3.8) is 0 Å². The average Bonchev–Trinajstić information content (AvgIpc) is 2.77. The van der Waals surface area contributed by atoms with Gasteiger partial charge in [-0.2, -0.15) is 4.68 Å². The monoisotopic (exact) mass is 519 g/mol. The summed E-state index contributed by atoms with van der Waals surface area (Å²) in [5, 5.41) is 10.7. The van der Waals surface area contributed by atoms with Gasteiger partial charge in [-0.05, 0) is 66.7 Å². The predicted octanol–water partition coefficient (Wildman–Crippen LogP) is 3.23. The highest BCUT2D eigenvalue weighted by Crippen LogP contribution is 2.23. The third-order valence-electron chi connectivity index (χ3n) is 4.90. The lowest BCUT2D eigenvalue weighted by atomic mass is 10.2. The molecule has 0 spiro atoms. The van der Waals surface area contributed by atoms with Crippen molar-refractivity contribution in [2.75, 3.05) is 5.01 Å². The Morgan fingerprint density at radius 1 is 0.912 bits per heavy atom. The average molecular weight is 520 g/mol. The van der Waals surface area contributed by atoms with Gasteiger partial charge < -0.3 is 5.11 Å². The molecule has 174 valence electrons. The minimum Gasteiger partial charge on any atom is -0.508 e. The van der Waals surface area contributed by atoms with E-state index in [1.165, 1.54) is 54.6 Å². The second-order valence-corrected chi connectivity index (χ2v) is 9.79. The summed E-state index contributed by atoms with van der Waals surface area (Å²) >= 11 is 11.9. The van der Waals surface area contributed by atoms with Gasteiger partial charge in [0.2, 0.25) is 5.91 Å². The summed E-state index contributed by atoms with van der Waals surface area (Å²) in [6.07, 6.45) is 0. The maximum atomic E-state index is 13.6. The highest BCUT2D eigenvalue weighted by atomic mass is 35.5. The van der Waals surface area contributed by atoms with Crippen LogP contribution >= 0.6 is 23.2 Å². The molecule has 0 aliphatic carbocycles. The van der Waals surface area contributed by atoms with Gasteiger partial charge in [-0.3, -0.25) is 9.59 Å². The Labute approximate surface area is 202 Å². The van der Waals surface area contributed by atoms with Crippen LogP contribution in [0.2, 0.25) is 10.0 Å². The number of phenols is 1. The number of carbonyl (C=O) groups excluding carboxylic acids is 1. The zero-order valence-corrected chi connectivity index (χ0v) is 19.7. The van der Waals surface area contributed by atoms with Gasteiger partial charge in [0.05, 0.1) is 21.5 Å². The molecule has 0 aliphatic heterocycles. The van der Waals surface area contributed by atoms with Crippen molar-refractivity contribution in [1.82, 2.24) is 8.65 Å². The van der Waals surface area contributed by atoms with Gasteiger partial charge in [-0.15, -0.1) is 3.97 Å². The smallest absolute Gasteiger partial charge is 0.365 e. The molecule has 3 aromatic carbocycles. The van der Waals surface area contributed by atoms with Gasteiger partial charge in [0.15, 0.2) is 0 Å². The fourth-order valence-electron chi connectivity index (χ4n) is 3.40. The minimum absolute atomic E-state index is 0.0861. The zero-order valence-electron chi connectivity index (χ0n) is 17.3. The van der Waals surface area contributed by atoms with E-state index in [9.17, 15) is 27.9 Å².